The molecule has 4 nitrogen and oxygen atoms in total. The Kier molecular flexibility index (Phi) is 5.25. The first-order valence-electron chi connectivity index (χ1n) is 6.09. The highest BCUT2D eigenvalue weighted by Gasteiger charge is 2.05. The number of allylic oxidation sites excluding steroid dienone is 1. The van der Waals surface area contributed by atoms with Gasteiger partial charge in [0, 0.05) is 24.0 Å². The van der Waals surface area contributed by atoms with Crippen molar-refractivity contribution < 1.29 is 14.3 Å². The minimum atomic E-state index is -0.0973. The fraction of sp³-hybridized carbons (Fsp3) is 0.133. The van der Waals surface area contributed by atoms with Gasteiger partial charge in [0.2, 0.25) is 0 Å². The molecule has 2 rings (SSSR count). The first kappa shape index (κ1) is 15.4. The van der Waals surface area contributed by atoms with E-state index in [1.165, 1.54) is 17.4 Å². The zero-order chi connectivity index (χ0) is 15.2. The van der Waals surface area contributed by atoms with Gasteiger partial charge in [-0.15, -0.1) is 11.3 Å². The third kappa shape index (κ3) is 4.00. The average molecular weight is 324 g/mol. The number of thiophene rings is 1. The van der Waals surface area contributed by atoms with Gasteiger partial charge in [-0.3, -0.25) is 4.79 Å². The molecule has 2 aromatic rings. The van der Waals surface area contributed by atoms with E-state index in [-0.39, 0.29) is 5.78 Å². The molecule has 0 saturated heterocycles. The number of carbonyl (C=O) groups excluding carboxylic acids is 1. The molecule has 0 amide bonds. The summed E-state index contributed by atoms with van der Waals surface area (Å²) in [5.41, 5.74) is 0.793. The number of halogens is 1. The summed E-state index contributed by atoms with van der Waals surface area (Å²) in [5.74, 6) is 1.17. The number of rotatable bonds is 6. The maximum absolute atomic E-state index is 11.9. The van der Waals surface area contributed by atoms with Crippen molar-refractivity contribution in [3.8, 4) is 11.5 Å². The Morgan fingerprint density at radius 1 is 1.19 bits per heavy atom. The van der Waals surface area contributed by atoms with Gasteiger partial charge in [0.25, 0.3) is 0 Å². The number of methoxy groups -OCH3 is 2. The van der Waals surface area contributed by atoms with Crippen molar-refractivity contribution in [3.63, 3.8) is 0 Å². The van der Waals surface area contributed by atoms with Gasteiger partial charge in [-0.1, -0.05) is 11.6 Å². The van der Waals surface area contributed by atoms with Crippen LogP contribution < -0.4 is 14.8 Å². The molecule has 0 aliphatic heterocycles. The highest BCUT2D eigenvalue weighted by molar-refractivity contribution is 7.18. The van der Waals surface area contributed by atoms with Crippen LogP contribution in [0.1, 0.15) is 9.67 Å². The number of ketones is 1. The number of hydrogen-bond acceptors (Lipinski definition) is 5. The van der Waals surface area contributed by atoms with Gasteiger partial charge < -0.3 is 14.8 Å². The highest BCUT2D eigenvalue weighted by atomic mass is 35.5. The second-order valence-corrected chi connectivity index (χ2v) is 5.73. The van der Waals surface area contributed by atoms with Crippen LogP contribution in [0.15, 0.2) is 42.6 Å². The fourth-order valence-electron chi connectivity index (χ4n) is 1.67. The van der Waals surface area contributed by atoms with E-state index in [1.54, 1.807) is 44.7 Å². The maximum atomic E-state index is 11.9. The lowest BCUT2D eigenvalue weighted by Gasteiger charge is -2.09. The topological polar surface area (TPSA) is 47.6 Å². The van der Waals surface area contributed by atoms with Crippen molar-refractivity contribution in [3.05, 3.63) is 51.8 Å². The summed E-state index contributed by atoms with van der Waals surface area (Å²) >= 11 is 7.05. The quantitative estimate of drug-likeness (QED) is 0.638. The number of ether oxygens (including phenoxy) is 2. The van der Waals surface area contributed by atoms with Crippen molar-refractivity contribution >= 4 is 34.4 Å². The Hall–Kier alpha value is -1.98. The summed E-state index contributed by atoms with van der Waals surface area (Å²) in [4.78, 5) is 12.5. The molecule has 0 bridgehead atoms. The molecule has 0 radical (unpaired) electrons. The Morgan fingerprint density at radius 3 is 2.57 bits per heavy atom. The summed E-state index contributed by atoms with van der Waals surface area (Å²) in [6.07, 6.45) is 3.04. The molecule has 0 aliphatic rings. The van der Waals surface area contributed by atoms with E-state index in [4.69, 9.17) is 21.1 Å². The van der Waals surface area contributed by atoms with Gasteiger partial charge in [0.15, 0.2) is 17.3 Å². The number of carbonyl (C=O) groups is 1. The van der Waals surface area contributed by atoms with Crippen LogP contribution in [0.25, 0.3) is 0 Å². The number of nitrogens with one attached hydrogen (secondary N) is 1. The highest BCUT2D eigenvalue weighted by Crippen LogP contribution is 2.29. The zero-order valence-electron chi connectivity index (χ0n) is 11.6. The van der Waals surface area contributed by atoms with Gasteiger partial charge >= 0.3 is 0 Å². The summed E-state index contributed by atoms with van der Waals surface area (Å²) in [6, 6.07) is 8.81. The first-order chi connectivity index (χ1) is 10.1. The molecule has 6 heteroatoms. The summed E-state index contributed by atoms with van der Waals surface area (Å²) < 4.78 is 11.0. The molecular formula is C15H14ClNO3S. The maximum Gasteiger partial charge on any atom is 0.197 e. The first-order valence-corrected chi connectivity index (χ1v) is 7.28. The minimum absolute atomic E-state index is 0.0973. The molecule has 1 aromatic heterocycles. The Morgan fingerprint density at radius 2 is 1.95 bits per heavy atom. The lowest BCUT2D eigenvalue weighted by atomic mass is 10.2. The lowest BCUT2D eigenvalue weighted by Crippen LogP contribution is -1.95. The molecule has 0 atom stereocenters. The standard InChI is InChI=1S/C15H14ClNO3S/c1-19-12-4-3-10(9-13(12)20-2)17-8-7-11(18)14-5-6-15(16)21-14/h3-9,17H,1-2H3/b8-7+. The van der Waals surface area contributed by atoms with Crippen LogP contribution >= 0.6 is 22.9 Å². The van der Waals surface area contributed by atoms with E-state index in [0.29, 0.717) is 20.7 Å². The van der Waals surface area contributed by atoms with Crippen molar-refractivity contribution in [1.82, 2.24) is 0 Å². The van der Waals surface area contributed by atoms with E-state index in [0.717, 1.165) is 5.69 Å². The van der Waals surface area contributed by atoms with E-state index in [9.17, 15) is 4.79 Å². The third-order valence-corrected chi connectivity index (χ3v) is 3.93. The summed E-state index contributed by atoms with van der Waals surface area (Å²) in [6.45, 7) is 0. The number of anilines is 1. The molecule has 1 aromatic carbocycles. The molecule has 0 aliphatic carbocycles. The van der Waals surface area contributed by atoms with Crippen molar-refractivity contribution in [2.75, 3.05) is 19.5 Å². The van der Waals surface area contributed by atoms with Crippen LogP contribution in [0.2, 0.25) is 4.34 Å². The molecule has 0 unspecified atom stereocenters. The van der Waals surface area contributed by atoms with Gasteiger partial charge in [-0.05, 0) is 24.3 Å². The lowest BCUT2D eigenvalue weighted by molar-refractivity contribution is 0.105. The third-order valence-electron chi connectivity index (χ3n) is 2.68. The van der Waals surface area contributed by atoms with Crippen LogP contribution in [0.4, 0.5) is 5.69 Å². The SMILES string of the molecule is COc1ccc(N/C=C/C(=O)c2ccc(Cl)s2)cc1OC. The van der Waals surface area contributed by atoms with Crippen LogP contribution in [0.5, 0.6) is 11.5 Å². The molecule has 1 heterocycles. The number of hydrogen-bond donors (Lipinski definition) is 1. The van der Waals surface area contributed by atoms with Crippen molar-refractivity contribution in [1.29, 1.82) is 0 Å². The Balaban J connectivity index is 2.02. The molecule has 21 heavy (non-hydrogen) atoms. The predicted molar refractivity (Wildman–Crippen MR) is 86.0 cm³/mol. The molecular weight excluding hydrogens is 310 g/mol. The minimum Gasteiger partial charge on any atom is -0.493 e. The normalized spacial score (nSPS) is 10.6. The Labute approximate surface area is 132 Å². The van der Waals surface area contributed by atoms with Gasteiger partial charge in [-0.2, -0.15) is 0 Å². The van der Waals surface area contributed by atoms with Crippen LogP contribution in [0.3, 0.4) is 0 Å². The average Bonchev–Trinajstić information content (AvgIpc) is 2.93. The summed E-state index contributed by atoms with van der Waals surface area (Å²) in [7, 11) is 3.15. The fourth-order valence-corrected chi connectivity index (χ4v) is 2.63. The van der Waals surface area contributed by atoms with Gasteiger partial charge in [0.1, 0.15) is 0 Å². The van der Waals surface area contributed by atoms with Crippen LogP contribution in [-0.4, -0.2) is 20.0 Å². The molecule has 0 saturated carbocycles. The predicted octanol–water partition coefficient (Wildman–Crippen LogP) is 4.23. The van der Waals surface area contributed by atoms with Crippen molar-refractivity contribution in [2.24, 2.45) is 0 Å². The van der Waals surface area contributed by atoms with E-state index in [1.807, 2.05) is 6.07 Å². The number of benzene rings is 1. The molecule has 110 valence electrons. The van der Waals surface area contributed by atoms with E-state index in [2.05, 4.69) is 5.32 Å². The van der Waals surface area contributed by atoms with Crippen molar-refractivity contribution in [2.45, 2.75) is 0 Å². The molecule has 1 N–H and O–H groups in total. The van der Waals surface area contributed by atoms with Crippen LogP contribution in [0, 0.1) is 0 Å². The van der Waals surface area contributed by atoms with E-state index < -0.39 is 0 Å². The van der Waals surface area contributed by atoms with Gasteiger partial charge in [-0.25, -0.2) is 0 Å². The monoisotopic (exact) mass is 323 g/mol. The second-order valence-electron chi connectivity index (χ2n) is 4.02. The zero-order valence-corrected chi connectivity index (χ0v) is 13.1. The molecule has 0 spiro atoms. The summed E-state index contributed by atoms with van der Waals surface area (Å²) in [5, 5.41) is 3.01. The largest absolute Gasteiger partial charge is 0.493 e. The van der Waals surface area contributed by atoms with Crippen LogP contribution in [-0.2, 0) is 0 Å². The van der Waals surface area contributed by atoms with Gasteiger partial charge in [0.05, 0.1) is 23.4 Å². The van der Waals surface area contributed by atoms with E-state index >= 15 is 0 Å². The molecule has 0 fully saturated rings. The smallest absolute Gasteiger partial charge is 0.197 e. The second kappa shape index (κ2) is 7.15. The Bertz CT molecular complexity index is 667.